The average Bonchev–Trinajstić information content (AvgIpc) is 3.31. The summed E-state index contributed by atoms with van der Waals surface area (Å²) in [7, 11) is 0. The highest BCUT2D eigenvalue weighted by Gasteiger charge is 2.17. The van der Waals surface area contributed by atoms with Gasteiger partial charge >= 0.3 is 0 Å². The predicted molar refractivity (Wildman–Crippen MR) is 289 cm³/mol. The Hall–Kier alpha value is -3.21. The van der Waals surface area contributed by atoms with Crippen LogP contribution in [0.5, 0.6) is 0 Å². The van der Waals surface area contributed by atoms with Gasteiger partial charge in [-0.1, -0.05) is 251 Å². The lowest BCUT2D eigenvalue weighted by molar-refractivity contribution is -0.123. The van der Waals surface area contributed by atoms with Crippen molar-refractivity contribution in [3.63, 3.8) is 0 Å². The number of rotatable bonds is 48. The van der Waals surface area contributed by atoms with Crippen molar-refractivity contribution < 1.29 is 15.0 Å². The molecule has 0 aliphatic carbocycles. The van der Waals surface area contributed by atoms with E-state index in [4.69, 9.17) is 0 Å². The number of nitrogens with one attached hydrogen (secondary N) is 1. The lowest BCUT2D eigenvalue weighted by atomic mass is 10.0. The molecule has 2 atom stereocenters. The second-order valence-electron chi connectivity index (χ2n) is 17.9. The fourth-order valence-electron chi connectivity index (χ4n) is 7.54. The van der Waals surface area contributed by atoms with Crippen LogP contribution in [0, 0.1) is 0 Å². The number of carbonyl (C=O) groups excluding carboxylic acids is 1. The second kappa shape index (κ2) is 55.1. The van der Waals surface area contributed by atoms with Crippen molar-refractivity contribution >= 4 is 5.91 Å². The zero-order valence-corrected chi connectivity index (χ0v) is 42.5. The van der Waals surface area contributed by atoms with E-state index < -0.39 is 12.1 Å². The van der Waals surface area contributed by atoms with E-state index >= 15 is 0 Å². The summed E-state index contributed by atoms with van der Waals surface area (Å²) in [4.78, 5) is 12.5. The number of allylic oxidation sites excluding steroid dienone is 19. The summed E-state index contributed by atoms with van der Waals surface area (Å²) in [5.74, 6) is -0.0858. The van der Waals surface area contributed by atoms with Crippen LogP contribution in [-0.4, -0.2) is 34.9 Å². The highest BCUT2D eigenvalue weighted by molar-refractivity contribution is 5.76. The Morgan fingerprint density at radius 3 is 1.08 bits per heavy atom. The van der Waals surface area contributed by atoms with Gasteiger partial charge in [0, 0.05) is 6.42 Å². The lowest BCUT2D eigenvalue weighted by Gasteiger charge is -2.19. The van der Waals surface area contributed by atoms with Gasteiger partial charge in [0.05, 0.1) is 18.8 Å². The van der Waals surface area contributed by atoms with Crippen molar-refractivity contribution in [2.45, 2.75) is 251 Å². The second-order valence-corrected chi connectivity index (χ2v) is 17.9. The molecule has 4 nitrogen and oxygen atoms in total. The summed E-state index contributed by atoms with van der Waals surface area (Å²) in [6, 6.07) is -0.656. The van der Waals surface area contributed by atoms with Gasteiger partial charge in [-0.15, -0.1) is 0 Å². The molecular formula is C61H103NO3. The number of hydrogen-bond donors (Lipinski definition) is 3. The topological polar surface area (TPSA) is 69.6 Å². The molecule has 0 aromatic carbocycles. The van der Waals surface area contributed by atoms with Gasteiger partial charge in [-0.3, -0.25) is 4.79 Å². The zero-order chi connectivity index (χ0) is 47.0. The number of amides is 1. The molecule has 0 rings (SSSR count). The normalized spacial score (nSPS) is 13.8. The van der Waals surface area contributed by atoms with Gasteiger partial charge in [0.2, 0.25) is 5.91 Å². The van der Waals surface area contributed by atoms with Gasteiger partial charge in [-0.05, 0) is 103 Å². The van der Waals surface area contributed by atoms with Crippen molar-refractivity contribution in [3.8, 4) is 0 Å². The highest BCUT2D eigenvalue weighted by atomic mass is 16.3. The van der Waals surface area contributed by atoms with Crippen LogP contribution in [-0.2, 0) is 4.79 Å². The maximum absolute atomic E-state index is 12.5. The molecule has 0 saturated heterocycles. The predicted octanol–water partition coefficient (Wildman–Crippen LogP) is 18.1. The van der Waals surface area contributed by atoms with E-state index in [9.17, 15) is 15.0 Å². The Bertz CT molecular complexity index is 1290. The van der Waals surface area contributed by atoms with Gasteiger partial charge in [0.15, 0.2) is 0 Å². The summed E-state index contributed by atoms with van der Waals surface area (Å²) in [5, 5.41) is 23.1. The number of unbranched alkanes of at least 4 members (excludes halogenated alkanes) is 23. The number of hydrogen-bond acceptors (Lipinski definition) is 3. The molecule has 2 unspecified atom stereocenters. The summed E-state index contributed by atoms with van der Waals surface area (Å²) >= 11 is 0. The first-order chi connectivity index (χ1) is 32.2. The van der Waals surface area contributed by atoms with E-state index in [1.807, 2.05) is 6.08 Å². The molecule has 370 valence electrons. The minimum Gasteiger partial charge on any atom is -0.394 e. The Kier molecular flexibility index (Phi) is 52.4. The number of aliphatic hydroxyl groups is 2. The number of aliphatic hydroxyl groups excluding tert-OH is 2. The van der Waals surface area contributed by atoms with Crippen molar-refractivity contribution in [1.29, 1.82) is 0 Å². The molecule has 0 aliphatic rings. The molecule has 65 heavy (non-hydrogen) atoms. The van der Waals surface area contributed by atoms with Crippen molar-refractivity contribution in [2.75, 3.05) is 6.61 Å². The van der Waals surface area contributed by atoms with E-state index in [0.29, 0.717) is 6.42 Å². The fourth-order valence-corrected chi connectivity index (χ4v) is 7.54. The third-order valence-electron chi connectivity index (χ3n) is 11.7. The SMILES string of the molecule is CC/C=C\C/C=C\C/C=C\C/C=C\C/C=C\C/C=C\C/C=C\CCCCCCCCCCCCCC(=O)NC(CO)C(O)/C=C/CC/C=C/CC/C=C/CCCCCCCCCCCC. The van der Waals surface area contributed by atoms with E-state index in [1.54, 1.807) is 6.08 Å². The molecule has 0 radical (unpaired) electrons. The van der Waals surface area contributed by atoms with Gasteiger partial charge in [0.1, 0.15) is 0 Å². The van der Waals surface area contributed by atoms with Crippen LogP contribution in [0.25, 0.3) is 0 Å². The fraction of sp³-hybridized carbons (Fsp3) is 0.656. The maximum Gasteiger partial charge on any atom is 0.220 e. The standard InChI is InChI=1S/C61H103NO3/c1-3-5-7-9-11-13-15-17-19-21-23-25-26-27-28-29-30-31-32-33-34-35-36-37-39-41-43-45-47-49-51-53-55-57-61(65)62-59(58-63)60(64)56-54-52-50-48-46-44-42-40-38-24-22-20-18-16-14-12-10-8-6-4-2/h5,7,11,13,17,19,23,25,27-28,30-31,33-34,38,40,46,48,54,56,59-60,63-64H,3-4,6,8-10,12,14-16,18,20-22,24,26,29,32,35-37,39,41-45,47,49-53,55,57-58H2,1-2H3,(H,62,65)/b7-5-,13-11-,19-17-,25-23-,28-27-,31-30-,34-33-,40-38+,48-46+,56-54+. The minimum atomic E-state index is -0.880. The van der Waals surface area contributed by atoms with Gasteiger partial charge in [-0.25, -0.2) is 0 Å². The quantitative estimate of drug-likeness (QED) is 0.0421. The molecule has 1 amide bonds. The van der Waals surface area contributed by atoms with Crippen molar-refractivity contribution in [1.82, 2.24) is 5.32 Å². The van der Waals surface area contributed by atoms with Gasteiger partial charge < -0.3 is 15.5 Å². The van der Waals surface area contributed by atoms with E-state index in [0.717, 1.165) is 89.9 Å². The van der Waals surface area contributed by atoms with Crippen LogP contribution in [0.2, 0.25) is 0 Å². The molecule has 0 fully saturated rings. The summed E-state index contributed by atoms with van der Waals surface area (Å²) in [5.41, 5.74) is 0. The van der Waals surface area contributed by atoms with Crippen molar-refractivity contribution in [2.24, 2.45) is 0 Å². The van der Waals surface area contributed by atoms with E-state index in [1.165, 1.54) is 128 Å². The van der Waals surface area contributed by atoms with Crippen LogP contribution in [0.1, 0.15) is 239 Å². The van der Waals surface area contributed by atoms with Crippen molar-refractivity contribution in [3.05, 3.63) is 122 Å². The molecular weight excluding hydrogens is 795 g/mol. The van der Waals surface area contributed by atoms with Crippen LogP contribution < -0.4 is 5.32 Å². The molecule has 4 heteroatoms. The molecule has 0 aromatic rings. The van der Waals surface area contributed by atoms with E-state index in [2.05, 4.69) is 129 Å². The average molecular weight is 898 g/mol. The minimum absolute atomic E-state index is 0.0858. The van der Waals surface area contributed by atoms with Crippen LogP contribution >= 0.6 is 0 Å². The molecule has 0 aliphatic heterocycles. The molecule has 3 N–H and O–H groups in total. The Balaban J connectivity index is 3.63. The van der Waals surface area contributed by atoms with Crippen LogP contribution in [0.15, 0.2) is 122 Å². The highest BCUT2D eigenvalue weighted by Crippen LogP contribution is 2.14. The van der Waals surface area contributed by atoms with Gasteiger partial charge in [-0.2, -0.15) is 0 Å². The molecule has 0 aromatic heterocycles. The molecule has 0 heterocycles. The number of carbonyl (C=O) groups is 1. The summed E-state index contributed by atoms with van der Waals surface area (Å²) in [6.07, 6.45) is 84.8. The summed E-state index contributed by atoms with van der Waals surface area (Å²) in [6.45, 7) is 4.17. The molecule has 0 spiro atoms. The first kappa shape index (κ1) is 61.8. The largest absolute Gasteiger partial charge is 0.394 e. The van der Waals surface area contributed by atoms with Crippen LogP contribution in [0.3, 0.4) is 0 Å². The Morgan fingerprint density at radius 2 is 0.692 bits per heavy atom. The summed E-state index contributed by atoms with van der Waals surface area (Å²) < 4.78 is 0. The first-order valence-corrected chi connectivity index (χ1v) is 27.2. The van der Waals surface area contributed by atoms with E-state index in [-0.39, 0.29) is 12.5 Å². The lowest BCUT2D eigenvalue weighted by Crippen LogP contribution is -2.45. The molecule has 0 saturated carbocycles. The third kappa shape index (κ3) is 51.6. The monoisotopic (exact) mass is 898 g/mol. The Morgan fingerprint density at radius 1 is 0.385 bits per heavy atom. The first-order valence-electron chi connectivity index (χ1n) is 27.2. The maximum atomic E-state index is 12.5. The smallest absolute Gasteiger partial charge is 0.220 e. The zero-order valence-electron chi connectivity index (χ0n) is 42.5. The Labute approximate surface area is 403 Å². The third-order valence-corrected chi connectivity index (χ3v) is 11.7. The van der Waals surface area contributed by atoms with Crippen LogP contribution in [0.4, 0.5) is 0 Å². The van der Waals surface area contributed by atoms with Gasteiger partial charge in [0.25, 0.3) is 0 Å². The molecule has 0 bridgehead atoms.